The van der Waals surface area contributed by atoms with Gasteiger partial charge in [-0.25, -0.2) is 24.9 Å². The Labute approximate surface area is 216 Å². The van der Waals surface area contributed by atoms with E-state index in [2.05, 4.69) is 25.0 Å². The predicted octanol–water partition coefficient (Wildman–Crippen LogP) is 4.02. The van der Waals surface area contributed by atoms with Crippen LogP contribution in [0.4, 0.5) is 32.0 Å². The molecule has 0 fully saturated rings. The van der Waals surface area contributed by atoms with Crippen LogP contribution in [-0.2, 0) is 12.4 Å². The molecule has 0 saturated heterocycles. The first-order valence-electron chi connectivity index (χ1n) is 9.39. The minimum Gasteiger partial charge on any atom is -0.387 e. The zero-order valence-electron chi connectivity index (χ0n) is 17.1. The van der Waals surface area contributed by atoms with Crippen LogP contribution < -0.4 is 5.01 Å². The maximum atomic E-state index is 12.9. The molecule has 2 aromatic rings. The lowest BCUT2D eigenvalue weighted by Gasteiger charge is -2.43. The molecule has 8 nitrogen and oxygen atoms in total. The first kappa shape index (κ1) is 27.2. The number of anilines is 1. The van der Waals surface area contributed by atoms with Gasteiger partial charge in [0.25, 0.3) is 0 Å². The summed E-state index contributed by atoms with van der Waals surface area (Å²) in [5, 5.41) is 27.9. The summed E-state index contributed by atoms with van der Waals surface area (Å²) in [5.74, 6) is -3.22. The summed E-state index contributed by atoms with van der Waals surface area (Å²) in [7, 11) is 0. The molecule has 3 heterocycles. The van der Waals surface area contributed by atoms with Gasteiger partial charge in [0.05, 0.1) is 29.6 Å². The van der Waals surface area contributed by atoms with Crippen molar-refractivity contribution in [2.45, 2.75) is 31.6 Å². The third-order valence-corrected chi connectivity index (χ3v) is 7.57. The summed E-state index contributed by atoms with van der Waals surface area (Å²) in [4.78, 5) is 13.1. The first-order chi connectivity index (χ1) is 15.8. The van der Waals surface area contributed by atoms with Gasteiger partial charge in [-0.2, -0.15) is 31.4 Å². The number of hydrogen-bond acceptors (Lipinski definition) is 8. The van der Waals surface area contributed by atoms with Gasteiger partial charge in [-0.05, 0) is 12.8 Å². The van der Waals surface area contributed by atoms with Crippen molar-refractivity contribution < 1.29 is 36.6 Å². The van der Waals surface area contributed by atoms with Gasteiger partial charge < -0.3 is 10.2 Å². The molecule has 3 rings (SSSR count). The SMILES string of the molecule is CC1=NN(c2cnc(C(F)(F)F)nc2)C(O)C1(C(CI)CI)C(O)c1cnc(C(F)(F)F)nc1. The molecule has 34 heavy (non-hydrogen) atoms. The van der Waals surface area contributed by atoms with Gasteiger partial charge in [0.1, 0.15) is 0 Å². The smallest absolute Gasteiger partial charge is 0.387 e. The number of hydrogen-bond donors (Lipinski definition) is 2. The molecule has 1 aliphatic rings. The highest BCUT2D eigenvalue weighted by Gasteiger charge is 2.59. The second kappa shape index (κ2) is 9.92. The number of aromatic nitrogens is 4. The van der Waals surface area contributed by atoms with Gasteiger partial charge in [-0.1, -0.05) is 45.2 Å². The van der Waals surface area contributed by atoms with E-state index in [0.717, 1.165) is 29.8 Å². The van der Waals surface area contributed by atoms with Crippen molar-refractivity contribution in [2.24, 2.45) is 16.4 Å². The van der Waals surface area contributed by atoms with Gasteiger partial charge in [0.2, 0.25) is 11.6 Å². The summed E-state index contributed by atoms with van der Waals surface area (Å²) in [6.07, 6.45) is -9.43. The number of nitrogens with zero attached hydrogens (tertiary/aromatic N) is 6. The molecule has 0 amide bonds. The van der Waals surface area contributed by atoms with E-state index in [1.165, 1.54) is 6.92 Å². The van der Waals surface area contributed by atoms with Crippen molar-refractivity contribution >= 4 is 56.6 Å². The fourth-order valence-electron chi connectivity index (χ4n) is 3.74. The number of halogens is 8. The second-order valence-electron chi connectivity index (χ2n) is 7.35. The fraction of sp³-hybridized carbons (Fsp3) is 0.500. The molecular weight excluding hydrogens is 700 g/mol. The minimum absolute atomic E-state index is 0.0711. The van der Waals surface area contributed by atoms with Crippen LogP contribution in [0.25, 0.3) is 0 Å². The standard InChI is InChI=1S/C18H16F6I2N6O2/c1-8-16(10(2-25)3-26,12(33)9-4-27-13(28-5-9)17(19,20)21)15(34)32(31-8)11-6-29-14(30-7-11)18(22,23)24/h4-7,10,12,15,33-34H,2-3H2,1H3. The zero-order chi connectivity index (χ0) is 25.5. The van der Waals surface area contributed by atoms with Gasteiger partial charge in [-0.15, -0.1) is 0 Å². The lowest BCUT2D eigenvalue weighted by atomic mass is 9.67. The van der Waals surface area contributed by atoms with Crippen molar-refractivity contribution in [1.29, 1.82) is 0 Å². The molecule has 2 aromatic heterocycles. The second-order valence-corrected chi connectivity index (χ2v) is 9.11. The summed E-state index contributed by atoms with van der Waals surface area (Å²) in [6.45, 7) is 1.51. The van der Waals surface area contributed by atoms with E-state index in [9.17, 15) is 36.6 Å². The molecule has 186 valence electrons. The average Bonchev–Trinajstić information content (AvgIpc) is 3.04. The molecular formula is C18H16F6I2N6O2. The summed E-state index contributed by atoms with van der Waals surface area (Å²) >= 11 is 4.08. The largest absolute Gasteiger partial charge is 0.451 e. The Morgan fingerprint density at radius 2 is 1.38 bits per heavy atom. The molecule has 3 unspecified atom stereocenters. The Bertz CT molecular complexity index is 1030. The van der Waals surface area contributed by atoms with Crippen molar-refractivity contribution in [3.05, 3.63) is 42.0 Å². The topological polar surface area (TPSA) is 108 Å². The van der Waals surface area contributed by atoms with Crippen LogP contribution in [0.1, 0.15) is 30.2 Å². The van der Waals surface area contributed by atoms with E-state index in [-0.39, 0.29) is 17.0 Å². The van der Waals surface area contributed by atoms with E-state index in [1.807, 2.05) is 45.2 Å². The highest BCUT2D eigenvalue weighted by atomic mass is 127. The monoisotopic (exact) mass is 716 g/mol. The molecule has 16 heteroatoms. The van der Waals surface area contributed by atoms with E-state index in [4.69, 9.17) is 0 Å². The molecule has 0 aromatic carbocycles. The third-order valence-electron chi connectivity index (χ3n) is 5.44. The molecule has 0 saturated carbocycles. The van der Waals surface area contributed by atoms with Gasteiger partial charge in [-0.3, -0.25) is 0 Å². The highest BCUT2D eigenvalue weighted by molar-refractivity contribution is 14.1. The molecule has 1 aliphatic heterocycles. The quantitative estimate of drug-likeness (QED) is 0.265. The van der Waals surface area contributed by atoms with Crippen molar-refractivity contribution in [2.75, 3.05) is 13.9 Å². The van der Waals surface area contributed by atoms with E-state index in [1.54, 1.807) is 0 Å². The van der Waals surface area contributed by atoms with Crippen LogP contribution in [-0.4, -0.2) is 50.9 Å². The number of hydrazone groups is 1. The maximum Gasteiger partial charge on any atom is 0.451 e. The van der Waals surface area contributed by atoms with Crippen molar-refractivity contribution in [1.82, 2.24) is 19.9 Å². The highest BCUT2D eigenvalue weighted by Crippen LogP contribution is 2.51. The summed E-state index contributed by atoms with van der Waals surface area (Å²) in [6, 6.07) is 0. The maximum absolute atomic E-state index is 12.9. The number of aliphatic hydroxyl groups is 2. The number of alkyl halides is 8. The molecule has 3 atom stereocenters. The zero-order valence-corrected chi connectivity index (χ0v) is 21.4. The Hall–Kier alpha value is -1.41. The molecule has 0 aliphatic carbocycles. The predicted molar refractivity (Wildman–Crippen MR) is 124 cm³/mol. The molecule has 0 bridgehead atoms. The van der Waals surface area contributed by atoms with Crippen LogP contribution in [0.5, 0.6) is 0 Å². The number of rotatable bonds is 6. The Morgan fingerprint density at radius 1 is 0.941 bits per heavy atom. The van der Waals surface area contributed by atoms with Crippen molar-refractivity contribution in [3.63, 3.8) is 0 Å². The van der Waals surface area contributed by atoms with Crippen molar-refractivity contribution in [3.8, 4) is 0 Å². The van der Waals surface area contributed by atoms with Crippen LogP contribution in [0.3, 0.4) is 0 Å². The minimum atomic E-state index is -4.78. The number of aliphatic hydroxyl groups excluding tert-OH is 2. The van der Waals surface area contributed by atoms with Gasteiger partial charge in [0, 0.05) is 32.5 Å². The summed E-state index contributed by atoms with van der Waals surface area (Å²) in [5.41, 5.74) is -1.50. The molecule has 0 radical (unpaired) electrons. The van der Waals surface area contributed by atoms with E-state index < -0.39 is 47.7 Å². The lowest BCUT2D eigenvalue weighted by Crippen LogP contribution is -2.53. The van der Waals surface area contributed by atoms with Gasteiger partial charge >= 0.3 is 12.4 Å². The fourth-order valence-corrected chi connectivity index (χ4v) is 7.02. The summed E-state index contributed by atoms with van der Waals surface area (Å²) < 4.78 is 77.9. The van der Waals surface area contributed by atoms with Crippen LogP contribution in [0.15, 0.2) is 29.9 Å². The normalized spacial score (nSPS) is 22.3. The average molecular weight is 716 g/mol. The van der Waals surface area contributed by atoms with E-state index >= 15 is 0 Å². The van der Waals surface area contributed by atoms with E-state index in [0.29, 0.717) is 8.86 Å². The lowest BCUT2D eigenvalue weighted by molar-refractivity contribution is -0.145. The third kappa shape index (κ3) is 4.81. The first-order valence-corrected chi connectivity index (χ1v) is 12.4. The van der Waals surface area contributed by atoms with Crippen LogP contribution in [0, 0.1) is 11.3 Å². The Kier molecular flexibility index (Phi) is 7.93. The molecule has 0 spiro atoms. The van der Waals surface area contributed by atoms with Gasteiger partial charge in [0.15, 0.2) is 6.23 Å². The Morgan fingerprint density at radius 3 is 1.79 bits per heavy atom. The Balaban J connectivity index is 2.05. The van der Waals surface area contributed by atoms with Crippen LogP contribution in [0.2, 0.25) is 0 Å². The molecule has 2 N–H and O–H groups in total. The van der Waals surface area contributed by atoms with Crippen LogP contribution >= 0.6 is 45.2 Å².